The first kappa shape index (κ1) is 24.8. The van der Waals surface area contributed by atoms with Crippen LogP contribution in [0, 0.1) is 0 Å². The SMILES string of the molecule is COc1ccc(N2CCN(C3CCCN(C(=O)C(C)(C)N)C3)CC2)cc1.Cl.Cl. The molecule has 1 aromatic rings. The molecular weight excluding hydrogens is 399 g/mol. The zero-order valence-corrected chi connectivity index (χ0v) is 18.7. The van der Waals surface area contributed by atoms with Crippen molar-refractivity contribution >= 4 is 36.4 Å². The van der Waals surface area contributed by atoms with E-state index < -0.39 is 5.54 Å². The van der Waals surface area contributed by atoms with Gasteiger partial charge in [0.05, 0.1) is 12.6 Å². The van der Waals surface area contributed by atoms with E-state index in [1.807, 2.05) is 17.0 Å². The van der Waals surface area contributed by atoms with Gasteiger partial charge in [-0.15, -0.1) is 24.8 Å². The van der Waals surface area contributed by atoms with Gasteiger partial charge in [-0.05, 0) is 51.0 Å². The molecule has 2 aliphatic heterocycles. The third-order valence-electron chi connectivity index (χ3n) is 5.50. The summed E-state index contributed by atoms with van der Waals surface area (Å²) in [5, 5.41) is 0. The number of halogens is 2. The first-order chi connectivity index (χ1) is 12.4. The summed E-state index contributed by atoms with van der Waals surface area (Å²) < 4.78 is 5.24. The molecule has 0 bridgehead atoms. The van der Waals surface area contributed by atoms with Crippen molar-refractivity contribution in [3.8, 4) is 5.75 Å². The van der Waals surface area contributed by atoms with Crippen molar-refractivity contribution in [1.82, 2.24) is 9.80 Å². The van der Waals surface area contributed by atoms with E-state index in [0.717, 1.165) is 57.9 Å². The highest BCUT2D eigenvalue weighted by Gasteiger charge is 2.34. The van der Waals surface area contributed by atoms with Crippen molar-refractivity contribution in [3.05, 3.63) is 24.3 Å². The largest absolute Gasteiger partial charge is 0.497 e. The van der Waals surface area contributed by atoms with Crippen LogP contribution in [0.4, 0.5) is 5.69 Å². The number of hydrogen-bond acceptors (Lipinski definition) is 5. The summed E-state index contributed by atoms with van der Waals surface area (Å²) in [7, 11) is 1.69. The summed E-state index contributed by atoms with van der Waals surface area (Å²) in [6.45, 7) is 9.33. The number of anilines is 1. The molecule has 1 amide bonds. The molecule has 2 aliphatic rings. The molecule has 0 aromatic heterocycles. The number of hydrogen-bond donors (Lipinski definition) is 1. The number of amides is 1. The van der Waals surface area contributed by atoms with Gasteiger partial charge in [0.25, 0.3) is 0 Å². The summed E-state index contributed by atoms with van der Waals surface area (Å²) >= 11 is 0. The molecule has 0 spiro atoms. The molecule has 1 atom stereocenters. The maximum absolute atomic E-state index is 12.5. The number of ether oxygens (including phenoxy) is 1. The summed E-state index contributed by atoms with van der Waals surface area (Å²) in [5.41, 5.74) is 6.48. The monoisotopic (exact) mass is 432 g/mol. The summed E-state index contributed by atoms with van der Waals surface area (Å²) in [4.78, 5) is 19.4. The quantitative estimate of drug-likeness (QED) is 0.790. The lowest BCUT2D eigenvalue weighted by Gasteiger charge is -2.44. The molecule has 2 fully saturated rings. The predicted molar refractivity (Wildman–Crippen MR) is 119 cm³/mol. The van der Waals surface area contributed by atoms with Gasteiger partial charge in [-0.25, -0.2) is 0 Å². The minimum absolute atomic E-state index is 0. The van der Waals surface area contributed by atoms with Gasteiger partial charge in [0.15, 0.2) is 0 Å². The first-order valence-electron chi connectivity index (χ1n) is 9.60. The van der Waals surface area contributed by atoms with Crippen LogP contribution in [0.2, 0.25) is 0 Å². The Morgan fingerprint density at radius 2 is 1.68 bits per heavy atom. The maximum atomic E-state index is 12.5. The van der Waals surface area contributed by atoms with Crippen LogP contribution in [-0.4, -0.2) is 73.7 Å². The van der Waals surface area contributed by atoms with Gasteiger partial charge in [-0.3, -0.25) is 9.69 Å². The Labute approximate surface area is 181 Å². The molecule has 28 heavy (non-hydrogen) atoms. The second kappa shape index (κ2) is 10.5. The molecule has 160 valence electrons. The topological polar surface area (TPSA) is 62.0 Å². The predicted octanol–water partition coefficient (Wildman–Crippen LogP) is 2.39. The molecule has 6 nitrogen and oxygen atoms in total. The van der Waals surface area contributed by atoms with Crippen molar-refractivity contribution < 1.29 is 9.53 Å². The van der Waals surface area contributed by atoms with Crippen LogP contribution < -0.4 is 15.4 Å². The Morgan fingerprint density at radius 1 is 1.07 bits per heavy atom. The minimum atomic E-state index is -0.783. The lowest BCUT2D eigenvalue weighted by molar-refractivity contribution is -0.138. The molecule has 8 heteroatoms. The van der Waals surface area contributed by atoms with Crippen molar-refractivity contribution in [3.63, 3.8) is 0 Å². The van der Waals surface area contributed by atoms with E-state index in [0.29, 0.717) is 6.04 Å². The number of carbonyl (C=O) groups excluding carboxylic acids is 1. The average molecular weight is 433 g/mol. The Bertz CT molecular complexity index is 614. The van der Waals surface area contributed by atoms with E-state index in [1.54, 1.807) is 21.0 Å². The number of nitrogens with zero attached hydrogens (tertiary/aromatic N) is 3. The number of piperazine rings is 1. The number of methoxy groups -OCH3 is 1. The molecule has 0 radical (unpaired) electrons. The van der Waals surface area contributed by atoms with Crippen LogP contribution in [0.5, 0.6) is 5.75 Å². The van der Waals surface area contributed by atoms with Crippen molar-refractivity contribution in [2.45, 2.75) is 38.3 Å². The van der Waals surface area contributed by atoms with E-state index in [1.165, 1.54) is 5.69 Å². The van der Waals surface area contributed by atoms with Crippen LogP contribution in [0.15, 0.2) is 24.3 Å². The molecule has 3 rings (SSSR count). The average Bonchev–Trinajstić information content (AvgIpc) is 2.67. The first-order valence-corrected chi connectivity index (χ1v) is 9.60. The molecule has 0 aliphatic carbocycles. The maximum Gasteiger partial charge on any atom is 0.242 e. The lowest BCUT2D eigenvalue weighted by Crippen LogP contribution is -2.59. The fraction of sp³-hybridized carbons (Fsp3) is 0.650. The van der Waals surface area contributed by atoms with Gasteiger partial charge in [0.2, 0.25) is 5.91 Å². The Balaban J connectivity index is 0.00000196. The van der Waals surface area contributed by atoms with Crippen LogP contribution in [0.3, 0.4) is 0 Å². The second-order valence-corrected chi connectivity index (χ2v) is 7.99. The van der Waals surface area contributed by atoms with Crippen LogP contribution in [0.25, 0.3) is 0 Å². The summed E-state index contributed by atoms with van der Waals surface area (Å²) in [6, 6.07) is 8.73. The Kier molecular flexibility index (Phi) is 9.34. The highest BCUT2D eigenvalue weighted by Crippen LogP contribution is 2.23. The zero-order chi connectivity index (χ0) is 18.7. The van der Waals surface area contributed by atoms with Crippen LogP contribution in [-0.2, 0) is 4.79 Å². The number of benzene rings is 1. The van der Waals surface area contributed by atoms with Gasteiger partial charge in [-0.2, -0.15) is 0 Å². The number of carbonyl (C=O) groups is 1. The number of likely N-dealkylation sites (tertiary alicyclic amines) is 1. The molecule has 2 N–H and O–H groups in total. The molecule has 2 saturated heterocycles. The van der Waals surface area contributed by atoms with E-state index in [9.17, 15) is 4.79 Å². The van der Waals surface area contributed by atoms with E-state index in [4.69, 9.17) is 10.5 Å². The van der Waals surface area contributed by atoms with Gasteiger partial charge in [-0.1, -0.05) is 0 Å². The van der Waals surface area contributed by atoms with Crippen molar-refractivity contribution in [2.24, 2.45) is 5.73 Å². The van der Waals surface area contributed by atoms with Gasteiger partial charge < -0.3 is 20.3 Å². The standard InChI is InChI=1S/C20H32N4O2.2ClH/c1-20(2,21)19(25)24-10-4-5-17(15-24)23-13-11-22(12-14-23)16-6-8-18(26-3)9-7-16;;/h6-9,17H,4-5,10-15,21H2,1-3H3;2*1H. The molecular formula is C20H34Cl2N4O2. The van der Waals surface area contributed by atoms with E-state index in [2.05, 4.69) is 21.9 Å². The molecule has 0 saturated carbocycles. The van der Waals surface area contributed by atoms with Crippen LogP contribution >= 0.6 is 24.8 Å². The van der Waals surface area contributed by atoms with Crippen LogP contribution in [0.1, 0.15) is 26.7 Å². The smallest absolute Gasteiger partial charge is 0.242 e. The normalized spacial score (nSPS) is 20.8. The highest BCUT2D eigenvalue weighted by molar-refractivity contribution is 5.86. The molecule has 2 heterocycles. The fourth-order valence-corrected chi connectivity index (χ4v) is 3.98. The minimum Gasteiger partial charge on any atom is -0.497 e. The third kappa shape index (κ3) is 5.89. The number of nitrogens with two attached hydrogens (primary N) is 1. The summed E-state index contributed by atoms with van der Waals surface area (Å²) in [6.07, 6.45) is 2.22. The third-order valence-corrected chi connectivity index (χ3v) is 5.50. The van der Waals surface area contributed by atoms with Gasteiger partial charge >= 0.3 is 0 Å². The van der Waals surface area contributed by atoms with E-state index in [-0.39, 0.29) is 30.7 Å². The molecule has 1 aromatic carbocycles. The number of rotatable bonds is 4. The lowest BCUT2D eigenvalue weighted by atomic mass is 9.99. The Morgan fingerprint density at radius 3 is 2.21 bits per heavy atom. The zero-order valence-electron chi connectivity index (χ0n) is 17.1. The van der Waals surface area contributed by atoms with Gasteiger partial charge in [0, 0.05) is 51.0 Å². The fourth-order valence-electron chi connectivity index (χ4n) is 3.98. The second-order valence-electron chi connectivity index (χ2n) is 7.99. The van der Waals surface area contributed by atoms with Gasteiger partial charge in [0.1, 0.15) is 5.75 Å². The van der Waals surface area contributed by atoms with Crippen molar-refractivity contribution in [1.29, 1.82) is 0 Å². The van der Waals surface area contributed by atoms with Crippen molar-refractivity contribution in [2.75, 3.05) is 51.3 Å². The Hall–Kier alpha value is -1.21. The molecule has 1 unspecified atom stereocenters. The highest BCUT2D eigenvalue weighted by atomic mass is 35.5. The number of piperidine rings is 1. The van der Waals surface area contributed by atoms with E-state index >= 15 is 0 Å². The summed E-state index contributed by atoms with van der Waals surface area (Å²) in [5.74, 6) is 0.959.